The first-order valence-corrected chi connectivity index (χ1v) is 8.03. The number of carbonyl (C=O) groups is 2. The van der Waals surface area contributed by atoms with Crippen LogP contribution in [0.3, 0.4) is 0 Å². The van der Waals surface area contributed by atoms with Crippen LogP contribution in [0.15, 0.2) is 18.2 Å². The standard InChI is InChI=1S/C18H27NO4/c1-12(2)17(18(21)22)19-16(20)7-5-6-10-23-15-11-13(3)8-9-14(15)4/h8-9,11-12,17H,5-7,10H2,1-4H3,(H,19,20)(H,21,22)/t17-/m1/s1. The van der Waals surface area contributed by atoms with Crippen molar-refractivity contribution < 1.29 is 19.4 Å². The molecule has 1 atom stereocenters. The molecule has 0 bridgehead atoms. The first-order valence-electron chi connectivity index (χ1n) is 8.03. The van der Waals surface area contributed by atoms with Crippen LogP contribution in [0.2, 0.25) is 0 Å². The monoisotopic (exact) mass is 321 g/mol. The summed E-state index contributed by atoms with van der Waals surface area (Å²) in [5.41, 5.74) is 2.24. The average molecular weight is 321 g/mol. The molecule has 0 unspecified atom stereocenters. The van der Waals surface area contributed by atoms with Gasteiger partial charge in [-0.2, -0.15) is 0 Å². The molecule has 5 nitrogen and oxygen atoms in total. The Bertz CT molecular complexity index is 540. The molecule has 0 aliphatic rings. The van der Waals surface area contributed by atoms with Crippen molar-refractivity contribution in [1.82, 2.24) is 5.32 Å². The number of nitrogens with one attached hydrogen (secondary N) is 1. The third-order valence-corrected chi connectivity index (χ3v) is 3.65. The number of hydrogen-bond donors (Lipinski definition) is 2. The molecule has 0 saturated heterocycles. The Morgan fingerprint density at radius 1 is 1.22 bits per heavy atom. The van der Waals surface area contributed by atoms with E-state index in [4.69, 9.17) is 9.84 Å². The van der Waals surface area contributed by atoms with Gasteiger partial charge in [-0.25, -0.2) is 4.79 Å². The lowest BCUT2D eigenvalue weighted by Gasteiger charge is -2.17. The van der Waals surface area contributed by atoms with Gasteiger partial charge in [0.25, 0.3) is 0 Å². The van der Waals surface area contributed by atoms with E-state index in [9.17, 15) is 9.59 Å². The predicted molar refractivity (Wildman–Crippen MR) is 89.7 cm³/mol. The highest BCUT2D eigenvalue weighted by Gasteiger charge is 2.22. The minimum absolute atomic E-state index is 0.135. The molecule has 5 heteroatoms. The summed E-state index contributed by atoms with van der Waals surface area (Å²) in [6.07, 6.45) is 1.73. The molecule has 0 heterocycles. The number of hydrogen-bond acceptors (Lipinski definition) is 3. The molecule has 0 aromatic heterocycles. The molecule has 0 aliphatic heterocycles. The molecule has 1 aromatic carbocycles. The zero-order valence-electron chi connectivity index (χ0n) is 14.4. The quantitative estimate of drug-likeness (QED) is 0.685. The number of benzene rings is 1. The number of unbranched alkanes of at least 4 members (excludes halogenated alkanes) is 1. The zero-order valence-corrected chi connectivity index (χ0v) is 14.4. The van der Waals surface area contributed by atoms with E-state index in [1.165, 1.54) is 0 Å². The minimum atomic E-state index is -0.994. The topological polar surface area (TPSA) is 75.6 Å². The Kier molecular flexibility index (Phi) is 7.59. The summed E-state index contributed by atoms with van der Waals surface area (Å²) in [4.78, 5) is 22.8. The van der Waals surface area contributed by atoms with Crippen LogP contribution in [0.5, 0.6) is 5.75 Å². The molecule has 0 radical (unpaired) electrons. The summed E-state index contributed by atoms with van der Waals surface area (Å²) in [6, 6.07) is 5.24. The van der Waals surface area contributed by atoms with Crippen LogP contribution in [-0.4, -0.2) is 29.6 Å². The Morgan fingerprint density at radius 3 is 2.52 bits per heavy atom. The molecule has 1 amide bonds. The number of carboxylic acids is 1. The van der Waals surface area contributed by atoms with E-state index in [-0.39, 0.29) is 11.8 Å². The van der Waals surface area contributed by atoms with E-state index in [1.807, 2.05) is 32.0 Å². The minimum Gasteiger partial charge on any atom is -0.493 e. The van der Waals surface area contributed by atoms with Crippen LogP contribution in [0.4, 0.5) is 0 Å². The molecule has 0 saturated carbocycles. The summed E-state index contributed by atoms with van der Waals surface area (Å²) >= 11 is 0. The predicted octanol–water partition coefficient (Wildman–Crippen LogP) is 3.08. The molecule has 23 heavy (non-hydrogen) atoms. The summed E-state index contributed by atoms with van der Waals surface area (Å²) < 4.78 is 5.73. The lowest BCUT2D eigenvalue weighted by atomic mass is 10.0. The Labute approximate surface area is 138 Å². The molecular weight excluding hydrogens is 294 g/mol. The summed E-state index contributed by atoms with van der Waals surface area (Å²) in [7, 11) is 0. The van der Waals surface area contributed by atoms with Gasteiger partial charge in [-0.15, -0.1) is 0 Å². The first-order chi connectivity index (χ1) is 10.8. The van der Waals surface area contributed by atoms with Crippen LogP contribution in [0, 0.1) is 19.8 Å². The van der Waals surface area contributed by atoms with Gasteiger partial charge in [0.15, 0.2) is 0 Å². The second kappa shape index (κ2) is 9.18. The fourth-order valence-corrected chi connectivity index (χ4v) is 2.19. The number of rotatable bonds is 9. The van der Waals surface area contributed by atoms with Gasteiger partial charge in [-0.05, 0) is 49.8 Å². The fourth-order valence-electron chi connectivity index (χ4n) is 2.19. The van der Waals surface area contributed by atoms with E-state index < -0.39 is 12.0 Å². The van der Waals surface area contributed by atoms with Crippen LogP contribution >= 0.6 is 0 Å². The summed E-state index contributed by atoms with van der Waals surface area (Å²) in [5.74, 6) is -0.478. The van der Waals surface area contributed by atoms with Crippen LogP contribution in [0.25, 0.3) is 0 Å². The second-order valence-electron chi connectivity index (χ2n) is 6.20. The van der Waals surface area contributed by atoms with Gasteiger partial charge >= 0.3 is 5.97 Å². The largest absolute Gasteiger partial charge is 0.493 e. The molecule has 1 aromatic rings. The van der Waals surface area contributed by atoms with Crippen molar-refractivity contribution in [3.8, 4) is 5.75 Å². The SMILES string of the molecule is Cc1ccc(C)c(OCCCCC(=O)N[C@@H](C(=O)O)C(C)C)c1. The lowest BCUT2D eigenvalue weighted by Crippen LogP contribution is -2.44. The Morgan fingerprint density at radius 2 is 1.91 bits per heavy atom. The highest BCUT2D eigenvalue weighted by molar-refractivity contribution is 5.83. The first kappa shape index (κ1) is 19.0. The number of amides is 1. The molecule has 128 valence electrons. The summed E-state index contributed by atoms with van der Waals surface area (Å²) in [6.45, 7) is 8.11. The lowest BCUT2D eigenvalue weighted by molar-refractivity contribution is -0.143. The maximum absolute atomic E-state index is 11.8. The van der Waals surface area contributed by atoms with Crippen LogP contribution < -0.4 is 10.1 Å². The number of carbonyl (C=O) groups excluding carboxylic acids is 1. The number of carboxylic acid groups (broad SMARTS) is 1. The number of ether oxygens (including phenoxy) is 1. The van der Waals surface area contributed by atoms with Crippen LogP contribution in [-0.2, 0) is 9.59 Å². The maximum Gasteiger partial charge on any atom is 0.326 e. The van der Waals surface area contributed by atoms with E-state index in [1.54, 1.807) is 13.8 Å². The van der Waals surface area contributed by atoms with Gasteiger partial charge < -0.3 is 15.2 Å². The van der Waals surface area contributed by atoms with Gasteiger partial charge in [0.05, 0.1) is 6.61 Å². The molecule has 0 aliphatic carbocycles. The van der Waals surface area contributed by atoms with Gasteiger partial charge in [0.1, 0.15) is 11.8 Å². The normalized spacial score (nSPS) is 12.0. The molecular formula is C18H27NO4. The van der Waals surface area contributed by atoms with Crippen molar-refractivity contribution in [2.75, 3.05) is 6.61 Å². The maximum atomic E-state index is 11.8. The van der Waals surface area contributed by atoms with E-state index in [0.717, 1.165) is 23.3 Å². The third-order valence-electron chi connectivity index (χ3n) is 3.65. The molecule has 2 N–H and O–H groups in total. The van der Waals surface area contributed by atoms with Gasteiger partial charge in [-0.3, -0.25) is 4.79 Å². The molecule has 1 rings (SSSR count). The zero-order chi connectivity index (χ0) is 17.4. The third kappa shape index (κ3) is 6.72. The van der Waals surface area contributed by atoms with Crippen molar-refractivity contribution >= 4 is 11.9 Å². The Hall–Kier alpha value is -2.04. The number of aryl methyl sites for hydroxylation is 2. The second-order valence-corrected chi connectivity index (χ2v) is 6.20. The highest BCUT2D eigenvalue weighted by atomic mass is 16.5. The van der Waals surface area contributed by atoms with E-state index >= 15 is 0 Å². The average Bonchev–Trinajstić information content (AvgIpc) is 2.47. The van der Waals surface area contributed by atoms with Gasteiger partial charge in [0, 0.05) is 6.42 Å². The molecule has 0 fully saturated rings. The highest BCUT2D eigenvalue weighted by Crippen LogP contribution is 2.19. The van der Waals surface area contributed by atoms with E-state index in [2.05, 4.69) is 5.32 Å². The van der Waals surface area contributed by atoms with Crippen molar-refractivity contribution in [3.05, 3.63) is 29.3 Å². The van der Waals surface area contributed by atoms with E-state index in [0.29, 0.717) is 19.4 Å². The van der Waals surface area contributed by atoms with Crippen molar-refractivity contribution in [2.45, 2.75) is 53.0 Å². The van der Waals surface area contributed by atoms with Gasteiger partial charge in [0.2, 0.25) is 5.91 Å². The smallest absolute Gasteiger partial charge is 0.326 e. The van der Waals surface area contributed by atoms with Crippen LogP contribution in [0.1, 0.15) is 44.2 Å². The van der Waals surface area contributed by atoms with Gasteiger partial charge in [-0.1, -0.05) is 26.0 Å². The van der Waals surface area contributed by atoms with Crippen molar-refractivity contribution in [3.63, 3.8) is 0 Å². The fraction of sp³-hybridized carbons (Fsp3) is 0.556. The number of aliphatic carboxylic acids is 1. The van der Waals surface area contributed by atoms with Crippen molar-refractivity contribution in [2.24, 2.45) is 5.92 Å². The molecule has 0 spiro atoms. The Balaban J connectivity index is 2.28. The summed E-state index contributed by atoms with van der Waals surface area (Å²) in [5, 5.41) is 11.6. The van der Waals surface area contributed by atoms with Crippen molar-refractivity contribution in [1.29, 1.82) is 0 Å².